The predicted octanol–water partition coefficient (Wildman–Crippen LogP) is 4.30. The van der Waals surface area contributed by atoms with E-state index < -0.39 is 23.6 Å². The molecule has 1 saturated carbocycles. The highest BCUT2D eigenvalue weighted by Crippen LogP contribution is 2.36. The number of thiazole rings is 1. The second kappa shape index (κ2) is 13.7. The monoisotopic (exact) mass is 632 g/mol. The van der Waals surface area contributed by atoms with Gasteiger partial charge in [0.25, 0.3) is 0 Å². The zero-order chi connectivity index (χ0) is 32.3. The van der Waals surface area contributed by atoms with Gasteiger partial charge < -0.3 is 20.6 Å². The number of aryl methyl sites for hydroxylation is 2. The van der Waals surface area contributed by atoms with E-state index in [-0.39, 0.29) is 36.6 Å². The van der Waals surface area contributed by atoms with E-state index in [9.17, 15) is 19.5 Å². The summed E-state index contributed by atoms with van der Waals surface area (Å²) in [4.78, 5) is 56.3. The predicted molar refractivity (Wildman–Crippen MR) is 173 cm³/mol. The van der Waals surface area contributed by atoms with E-state index in [1.54, 1.807) is 11.3 Å². The Morgan fingerprint density at radius 2 is 1.67 bits per heavy atom. The molecule has 0 spiro atoms. The number of hydrogen-bond donors (Lipinski definition) is 3. The number of aromatic nitrogens is 3. The fourth-order valence-electron chi connectivity index (χ4n) is 6.34. The number of likely N-dealkylation sites (tertiary alicyclic amines) is 1. The van der Waals surface area contributed by atoms with Crippen molar-refractivity contribution >= 4 is 29.1 Å². The summed E-state index contributed by atoms with van der Waals surface area (Å²) in [5, 5.41) is 16.5. The third-order valence-electron chi connectivity index (χ3n) is 9.06. The minimum atomic E-state index is -0.837. The molecule has 3 amide bonds. The van der Waals surface area contributed by atoms with Crippen LogP contribution < -0.4 is 10.6 Å². The number of nitrogens with one attached hydrogen (secondary N) is 2. The zero-order valence-corrected chi connectivity index (χ0v) is 27.6. The van der Waals surface area contributed by atoms with Crippen molar-refractivity contribution in [3.8, 4) is 10.4 Å². The number of rotatable bonds is 8. The molecule has 11 heteroatoms. The SMILES string of the molecule is Cc1ncc([C@H]2CC[C@H](C(=O)N[C@H](C(=O)N3C[C@H](O)C[C@H]3C(=O)NCc3ccc(-c4scnc4C)cc3)C(C)(C)C)CC2)cn1. The fraction of sp³-hybridized carbons (Fsp3) is 0.529. The molecule has 0 bridgehead atoms. The van der Waals surface area contributed by atoms with E-state index in [1.807, 2.05) is 76.8 Å². The van der Waals surface area contributed by atoms with Crippen molar-refractivity contribution in [3.05, 3.63) is 64.8 Å². The van der Waals surface area contributed by atoms with E-state index >= 15 is 0 Å². The number of carbonyl (C=O) groups is 3. The van der Waals surface area contributed by atoms with Gasteiger partial charge in [0.1, 0.15) is 17.9 Å². The molecule has 5 rings (SSSR count). The normalized spacial score (nSPS) is 22.6. The molecule has 10 nitrogen and oxygen atoms in total. The van der Waals surface area contributed by atoms with Crippen molar-refractivity contribution in [1.82, 2.24) is 30.5 Å². The number of aliphatic hydroxyl groups is 1. The first-order chi connectivity index (χ1) is 21.4. The summed E-state index contributed by atoms with van der Waals surface area (Å²) in [6.45, 7) is 9.90. The number of β-amino-alcohol motifs (C(OH)–C–C–N with tert-alkyl or cyclic N) is 1. The van der Waals surface area contributed by atoms with Crippen LogP contribution in [0.4, 0.5) is 0 Å². The van der Waals surface area contributed by atoms with E-state index in [0.29, 0.717) is 25.3 Å². The molecule has 3 N–H and O–H groups in total. The highest BCUT2D eigenvalue weighted by molar-refractivity contribution is 7.13. The Kier molecular flexibility index (Phi) is 9.98. The number of aliphatic hydroxyl groups excluding tert-OH is 1. The Hall–Kier alpha value is -3.70. The maximum Gasteiger partial charge on any atom is 0.246 e. The number of nitrogens with zero attached hydrogens (tertiary/aromatic N) is 4. The van der Waals surface area contributed by atoms with Gasteiger partial charge in [-0.1, -0.05) is 45.0 Å². The third-order valence-corrected chi connectivity index (χ3v) is 10.0. The minimum absolute atomic E-state index is 0.0476. The Labute approximate surface area is 269 Å². The molecule has 1 aliphatic heterocycles. The van der Waals surface area contributed by atoms with Gasteiger partial charge in [-0.3, -0.25) is 14.4 Å². The molecular weight excluding hydrogens is 588 g/mol. The maximum absolute atomic E-state index is 14.0. The molecule has 1 aliphatic carbocycles. The van der Waals surface area contributed by atoms with Crippen LogP contribution in [0.25, 0.3) is 10.4 Å². The van der Waals surface area contributed by atoms with Crippen molar-refractivity contribution in [3.63, 3.8) is 0 Å². The van der Waals surface area contributed by atoms with Gasteiger partial charge in [-0.2, -0.15) is 0 Å². The molecule has 2 aromatic heterocycles. The van der Waals surface area contributed by atoms with E-state index in [4.69, 9.17) is 0 Å². The number of amides is 3. The Balaban J connectivity index is 1.19. The molecule has 1 aromatic carbocycles. The number of hydrogen-bond acceptors (Lipinski definition) is 8. The Morgan fingerprint density at radius 3 is 2.27 bits per heavy atom. The fourth-order valence-corrected chi connectivity index (χ4v) is 7.15. The van der Waals surface area contributed by atoms with E-state index in [0.717, 1.165) is 45.9 Å². The summed E-state index contributed by atoms with van der Waals surface area (Å²) in [6, 6.07) is 6.30. The van der Waals surface area contributed by atoms with Gasteiger partial charge in [0.05, 0.1) is 22.2 Å². The summed E-state index contributed by atoms with van der Waals surface area (Å²) >= 11 is 1.59. The van der Waals surface area contributed by atoms with Crippen LogP contribution in [0.5, 0.6) is 0 Å². The van der Waals surface area contributed by atoms with Crippen LogP contribution in [0.2, 0.25) is 0 Å². The van der Waals surface area contributed by atoms with Gasteiger partial charge in [0, 0.05) is 37.8 Å². The quantitative estimate of drug-likeness (QED) is 0.337. The van der Waals surface area contributed by atoms with Crippen molar-refractivity contribution in [2.45, 2.75) is 97.4 Å². The van der Waals surface area contributed by atoms with Crippen molar-refractivity contribution in [2.75, 3.05) is 6.54 Å². The summed E-state index contributed by atoms with van der Waals surface area (Å²) < 4.78 is 0. The largest absolute Gasteiger partial charge is 0.391 e. The lowest BCUT2D eigenvalue weighted by Gasteiger charge is -2.37. The molecule has 240 valence electrons. The molecule has 2 aliphatic rings. The van der Waals surface area contributed by atoms with Crippen LogP contribution in [0.1, 0.15) is 81.4 Å². The molecule has 2 fully saturated rings. The zero-order valence-electron chi connectivity index (χ0n) is 26.7. The maximum atomic E-state index is 14.0. The Bertz CT molecular complexity index is 1490. The van der Waals surface area contributed by atoms with Gasteiger partial charge in [-0.15, -0.1) is 11.3 Å². The highest BCUT2D eigenvalue weighted by Gasteiger charge is 2.45. The van der Waals surface area contributed by atoms with Crippen LogP contribution in [0.15, 0.2) is 42.2 Å². The van der Waals surface area contributed by atoms with Gasteiger partial charge in [0.2, 0.25) is 17.7 Å². The molecule has 0 unspecified atom stereocenters. The van der Waals surface area contributed by atoms with E-state index in [2.05, 4.69) is 25.6 Å². The lowest BCUT2D eigenvalue weighted by Crippen LogP contribution is -2.58. The summed E-state index contributed by atoms with van der Waals surface area (Å²) in [5.74, 6) is 0.0600. The third kappa shape index (κ3) is 7.76. The molecule has 0 radical (unpaired) electrons. The lowest BCUT2D eigenvalue weighted by atomic mass is 9.78. The molecule has 3 atom stereocenters. The van der Waals surface area contributed by atoms with Crippen LogP contribution in [0, 0.1) is 25.2 Å². The average molecular weight is 633 g/mol. The van der Waals surface area contributed by atoms with Crippen LogP contribution in [-0.4, -0.2) is 67.4 Å². The summed E-state index contributed by atoms with van der Waals surface area (Å²) in [6.07, 6.45) is 6.22. The van der Waals surface area contributed by atoms with Gasteiger partial charge in [-0.05, 0) is 67.6 Å². The van der Waals surface area contributed by atoms with Crippen LogP contribution in [-0.2, 0) is 20.9 Å². The molecular formula is C34H44N6O4S. The standard InChI is InChI=1S/C34H44N6O4S/c1-20-29(45-19-38-20)24-8-6-22(7-9-24)15-37-32(43)28-14-27(41)18-40(28)33(44)30(34(3,4)5)39-31(42)25-12-10-23(11-13-25)26-16-35-21(2)36-17-26/h6-9,16-17,19,23,25,27-28,30,41H,10-15,18H2,1-5H3,(H,37,43)(H,39,42)/t23-,25-,27-,28+,30-/m1/s1. The van der Waals surface area contributed by atoms with Gasteiger partial charge >= 0.3 is 0 Å². The average Bonchev–Trinajstić information content (AvgIpc) is 3.63. The summed E-state index contributed by atoms with van der Waals surface area (Å²) in [7, 11) is 0. The Morgan fingerprint density at radius 1 is 1.00 bits per heavy atom. The van der Waals surface area contributed by atoms with Crippen LogP contribution in [0.3, 0.4) is 0 Å². The number of benzene rings is 1. The van der Waals surface area contributed by atoms with Crippen LogP contribution >= 0.6 is 11.3 Å². The molecule has 45 heavy (non-hydrogen) atoms. The smallest absolute Gasteiger partial charge is 0.246 e. The first kappa shape index (κ1) is 32.7. The van der Waals surface area contributed by atoms with Crippen molar-refractivity contribution in [1.29, 1.82) is 0 Å². The first-order valence-corrected chi connectivity index (χ1v) is 16.6. The molecule has 3 heterocycles. The van der Waals surface area contributed by atoms with Crippen molar-refractivity contribution < 1.29 is 19.5 Å². The second-order valence-corrected chi connectivity index (χ2v) is 14.4. The van der Waals surface area contributed by atoms with Gasteiger partial charge in [0.15, 0.2) is 0 Å². The topological polar surface area (TPSA) is 137 Å². The summed E-state index contributed by atoms with van der Waals surface area (Å²) in [5.41, 5.74) is 5.31. The van der Waals surface area contributed by atoms with Gasteiger partial charge in [-0.25, -0.2) is 15.0 Å². The number of carbonyl (C=O) groups excluding carboxylic acids is 3. The first-order valence-electron chi connectivity index (χ1n) is 15.7. The second-order valence-electron chi connectivity index (χ2n) is 13.5. The van der Waals surface area contributed by atoms with Crippen molar-refractivity contribution in [2.24, 2.45) is 11.3 Å². The minimum Gasteiger partial charge on any atom is -0.391 e. The lowest BCUT2D eigenvalue weighted by molar-refractivity contribution is -0.144. The molecule has 1 saturated heterocycles. The molecule has 3 aromatic rings. The highest BCUT2D eigenvalue weighted by atomic mass is 32.1. The van der Waals surface area contributed by atoms with E-state index in [1.165, 1.54) is 4.90 Å².